The highest BCUT2D eigenvalue weighted by atomic mass is 32.2. The van der Waals surface area contributed by atoms with Gasteiger partial charge in [-0.1, -0.05) is 52.8 Å². The van der Waals surface area contributed by atoms with Crippen molar-refractivity contribution in [1.29, 1.82) is 0 Å². The van der Waals surface area contributed by atoms with Crippen LogP contribution in [0.1, 0.15) is 41.0 Å². The maximum Gasteiger partial charge on any atom is 0.223 e. The van der Waals surface area contributed by atoms with Gasteiger partial charge in [-0.2, -0.15) is 0 Å². The van der Waals surface area contributed by atoms with Crippen molar-refractivity contribution in [1.82, 2.24) is 10.3 Å². The van der Waals surface area contributed by atoms with E-state index in [1.165, 1.54) is 0 Å². The average Bonchev–Trinajstić information content (AvgIpc) is 2.76. The zero-order valence-electron chi connectivity index (χ0n) is 17.1. The van der Waals surface area contributed by atoms with Crippen LogP contribution in [-0.4, -0.2) is 43.8 Å². The van der Waals surface area contributed by atoms with Crippen molar-refractivity contribution in [2.75, 3.05) is 24.6 Å². The van der Waals surface area contributed by atoms with E-state index in [2.05, 4.69) is 52.2 Å². The number of carbonyl (C=O) groups is 1. The van der Waals surface area contributed by atoms with E-state index in [4.69, 9.17) is 5.84 Å². The lowest BCUT2D eigenvalue weighted by Gasteiger charge is -2.51. The van der Waals surface area contributed by atoms with E-state index < -0.39 is 9.84 Å². The summed E-state index contributed by atoms with van der Waals surface area (Å²) in [4.78, 5) is 14.6. The molecule has 1 aliphatic carbocycles. The Hall–Kier alpha value is -1.60. The number of hydrogen-bond donors (Lipinski definition) is 2. The highest BCUT2D eigenvalue weighted by Crippen LogP contribution is 2.55. The predicted molar refractivity (Wildman–Crippen MR) is 109 cm³/mol. The van der Waals surface area contributed by atoms with Crippen LogP contribution in [0.3, 0.4) is 0 Å². The lowest BCUT2D eigenvalue weighted by Crippen LogP contribution is -2.49. The maximum absolute atomic E-state index is 12.9. The summed E-state index contributed by atoms with van der Waals surface area (Å²) in [5.41, 5.74) is 2.65. The summed E-state index contributed by atoms with van der Waals surface area (Å²) < 4.78 is 23.2. The minimum atomic E-state index is -2.99. The van der Waals surface area contributed by atoms with Crippen LogP contribution >= 0.6 is 0 Å². The number of rotatable bonds is 5. The van der Waals surface area contributed by atoms with Crippen molar-refractivity contribution in [3.63, 3.8) is 0 Å². The molecule has 152 valence electrons. The van der Waals surface area contributed by atoms with Gasteiger partial charge in [0.2, 0.25) is 5.91 Å². The maximum atomic E-state index is 12.9. The van der Waals surface area contributed by atoms with E-state index in [1.54, 1.807) is 4.90 Å². The summed E-state index contributed by atoms with van der Waals surface area (Å²) >= 11 is 0. The number of nitrogens with zero attached hydrogens (tertiary/aromatic N) is 1. The topological polar surface area (TPSA) is 92.5 Å². The summed E-state index contributed by atoms with van der Waals surface area (Å²) in [6, 6.07) is 0. The van der Waals surface area contributed by atoms with Gasteiger partial charge in [-0.25, -0.2) is 8.42 Å². The molecule has 1 heterocycles. The molecule has 1 aliphatic heterocycles. The van der Waals surface area contributed by atoms with Crippen LogP contribution in [0, 0.1) is 16.2 Å². The second kappa shape index (κ2) is 7.43. The number of carbonyl (C=O) groups excluding carboxylic acids is 1. The molecule has 1 unspecified atom stereocenters. The first kappa shape index (κ1) is 21.7. The Morgan fingerprint density at radius 3 is 2.37 bits per heavy atom. The number of allylic oxidation sites excluding steroid dienone is 5. The Labute approximate surface area is 163 Å². The number of hydrazine groups is 1. The molecular weight excluding hydrogens is 362 g/mol. The molecule has 1 fully saturated rings. The van der Waals surface area contributed by atoms with Crippen LogP contribution in [0.15, 0.2) is 36.1 Å². The highest BCUT2D eigenvalue weighted by molar-refractivity contribution is 7.91. The summed E-state index contributed by atoms with van der Waals surface area (Å²) in [5.74, 6) is 5.67. The second-order valence-corrected chi connectivity index (χ2v) is 11.3. The van der Waals surface area contributed by atoms with E-state index in [0.717, 1.165) is 5.70 Å². The van der Waals surface area contributed by atoms with Crippen molar-refractivity contribution in [3.05, 3.63) is 36.1 Å². The molecule has 2 aliphatic rings. The van der Waals surface area contributed by atoms with Crippen molar-refractivity contribution < 1.29 is 13.2 Å². The smallest absolute Gasteiger partial charge is 0.223 e. The molecule has 0 radical (unpaired) electrons. The molecule has 1 amide bonds. The Balaban J connectivity index is 2.18. The highest BCUT2D eigenvalue weighted by Gasteiger charge is 2.49. The zero-order valence-corrected chi connectivity index (χ0v) is 17.9. The Morgan fingerprint density at radius 2 is 1.81 bits per heavy atom. The summed E-state index contributed by atoms with van der Waals surface area (Å²) in [6.07, 6.45) is 10.5. The Kier molecular flexibility index (Phi) is 5.97. The lowest BCUT2D eigenvalue weighted by molar-refractivity contribution is -0.136. The molecular formula is C20H33N3O3S. The normalized spacial score (nSPS) is 25.7. The number of nitrogens with one attached hydrogen (secondary N) is 1. The predicted octanol–water partition coefficient (Wildman–Crippen LogP) is 2.17. The molecule has 27 heavy (non-hydrogen) atoms. The minimum absolute atomic E-state index is 0.0237. The molecule has 0 bridgehead atoms. The van der Waals surface area contributed by atoms with Gasteiger partial charge in [0.15, 0.2) is 9.84 Å². The molecule has 3 N–H and O–H groups in total. The number of hydrogen-bond acceptors (Lipinski definition) is 5. The van der Waals surface area contributed by atoms with Crippen LogP contribution < -0.4 is 11.3 Å². The van der Waals surface area contributed by atoms with Gasteiger partial charge >= 0.3 is 0 Å². The van der Waals surface area contributed by atoms with Crippen LogP contribution in [0.25, 0.3) is 0 Å². The monoisotopic (exact) mass is 395 g/mol. The van der Waals surface area contributed by atoms with E-state index in [1.807, 2.05) is 18.2 Å². The van der Waals surface area contributed by atoms with Crippen LogP contribution in [0.4, 0.5) is 0 Å². The summed E-state index contributed by atoms with van der Waals surface area (Å²) in [6.45, 7) is 11.3. The molecule has 0 saturated carbocycles. The zero-order chi connectivity index (χ0) is 20.5. The van der Waals surface area contributed by atoms with Crippen molar-refractivity contribution in [3.8, 4) is 0 Å². The lowest BCUT2D eigenvalue weighted by atomic mass is 9.53. The fraction of sp³-hybridized carbons (Fsp3) is 0.650. The third kappa shape index (κ3) is 4.46. The SMILES string of the molecule is CC1(C(C)(C)C(C)(C)CC(=O)N2CCS(=O)(=O)CC2)C=CC=C(NN)C=C1. The van der Waals surface area contributed by atoms with E-state index >= 15 is 0 Å². The third-order valence-electron chi connectivity index (χ3n) is 6.82. The second-order valence-electron chi connectivity index (χ2n) is 8.96. The van der Waals surface area contributed by atoms with Gasteiger partial charge < -0.3 is 10.3 Å². The van der Waals surface area contributed by atoms with Crippen LogP contribution in [0.2, 0.25) is 0 Å². The van der Waals surface area contributed by atoms with Crippen LogP contribution in [-0.2, 0) is 14.6 Å². The fourth-order valence-corrected chi connectivity index (χ4v) is 4.84. The Morgan fingerprint density at radius 1 is 1.22 bits per heavy atom. The van der Waals surface area contributed by atoms with E-state index in [9.17, 15) is 13.2 Å². The fourth-order valence-electron chi connectivity index (χ4n) is 3.64. The molecule has 0 aromatic heterocycles. The van der Waals surface area contributed by atoms with Gasteiger partial charge in [-0.3, -0.25) is 10.6 Å². The Bertz CT molecular complexity index is 764. The number of sulfone groups is 1. The molecule has 0 aromatic rings. The molecule has 1 atom stereocenters. The van der Waals surface area contributed by atoms with Crippen molar-refractivity contribution >= 4 is 15.7 Å². The van der Waals surface area contributed by atoms with Gasteiger partial charge in [0.25, 0.3) is 0 Å². The number of amides is 1. The molecule has 0 aromatic carbocycles. The van der Waals surface area contributed by atoms with Gasteiger partial charge in [0.05, 0.1) is 11.5 Å². The average molecular weight is 396 g/mol. The first-order valence-electron chi connectivity index (χ1n) is 9.37. The largest absolute Gasteiger partial charge is 0.341 e. The van der Waals surface area contributed by atoms with E-state index in [-0.39, 0.29) is 33.7 Å². The molecule has 7 heteroatoms. The van der Waals surface area contributed by atoms with Crippen molar-refractivity contribution in [2.45, 2.75) is 41.0 Å². The van der Waals surface area contributed by atoms with E-state index in [0.29, 0.717) is 19.5 Å². The molecule has 2 rings (SSSR count). The van der Waals surface area contributed by atoms with Gasteiger partial charge in [-0.15, -0.1) is 0 Å². The quantitative estimate of drug-likeness (QED) is 0.550. The first-order chi connectivity index (χ1) is 12.3. The van der Waals surface area contributed by atoms with Gasteiger partial charge in [-0.05, 0) is 23.0 Å². The van der Waals surface area contributed by atoms with Crippen LogP contribution in [0.5, 0.6) is 0 Å². The van der Waals surface area contributed by atoms with Gasteiger partial charge in [0.1, 0.15) is 0 Å². The molecule has 0 spiro atoms. The first-order valence-corrected chi connectivity index (χ1v) is 11.2. The summed E-state index contributed by atoms with van der Waals surface area (Å²) in [5, 5.41) is 0. The molecule has 1 saturated heterocycles. The van der Waals surface area contributed by atoms with Crippen molar-refractivity contribution in [2.24, 2.45) is 22.1 Å². The summed E-state index contributed by atoms with van der Waals surface area (Å²) in [7, 11) is -2.99. The standard InChI is InChI=1S/C20H33N3O3S/c1-18(2,15-17(24)23-11-13-27(25,26)14-12-23)19(3,4)20(5)9-6-7-16(22-21)8-10-20/h6-10,22H,11-15,21H2,1-5H3. The number of nitrogens with two attached hydrogens (primary N) is 1. The molecule has 6 nitrogen and oxygen atoms in total. The van der Waals surface area contributed by atoms with Gasteiger partial charge in [0, 0.05) is 30.6 Å². The third-order valence-corrected chi connectivity index (χ3v) is 8.43. The minimum Gasteiger partial charge on any atom is -0.341 e.